The van der Waals surface area contributed by atoms with Crippen molar-refractivity contribution < 1.29 is 4.79 Å². The molecule has 2 N–H and O–H groups in total. The number of benzene rings is 1. The maximum atomic E-state index is 11.9. The van der Waals surface area contributed by atoms with Gasteiger partial charge in [0.25, 0.3) is 0 Å². The summed E-state index contributed by atoms with van der Waals surface area (Å²) in [5, 5.41) is 6.05. The zero-order valence-corrected chi connectivity index (χ0v) is 12.4. The van der Waals surface area contributed by atoms with E-state index in [1.807, 2.05) is 6.92 Å². The van der Waals surface area contributed by atoms with Crippen molar-refractivity contribution in [2.24, 2.45) is 0 Å². The first kappa shape index (κ1) is 14.3. The predicted octanol–water partition coefficient (Wildman–Crippen LogP) is 3.71. The number of urea groups is 1. The van der Waals surface area contributed by atoms with Crippen molar-refractivity contribution in [3.63, 3.8) is 0 Å². The highest BCUT2D eigenvalue weighted by Gasteiger charge is 2.18. The number of hydrogen-bond donors (Lipinski definition) is 2. The van der Waals surface area contributed by atoms with Crippen molar-refractivity contribution in [1.82, 2.24) is 10.6 Å². The van der Waals surface area contributed by atoms with Gasteiger partial charge in [-0.05, 0) is 43.7 Å². The number of hydrogen-bond acceptors (Lipinski definition) is 2. The standard InChI is InChI=1S/C15H22N2OS/c1-11(12-7-9-14(19-2)10-8-12)16-15(18)17-13-5-3-4-6-13/h7-11,13H,3-6H2,1-2H3,(H2,16,17,18)/t11-/m0/s1. The molecule has 0 saturated heterocycles. The Labute approximate surface area is 119 Å². The first-order valence-electron chi connectivity index (χ1n) is 6.90. The minimum Gasteiger partial charge on any atom is -0.335 e. The molecule has 1 saturated carbocycles. The zero-order chi connectivity index (χ0) is 13.7. The molecule has 0 bridgehead atoms. The number of carbonyl (C=O) groups excluding carboxylic acids is 1. The summed E-state index contributed by atoms with van der Waals surface area (Å²) in [6.07, 6.45) is 6.76. The summed E-state index contributed by atoms with van der Waals surface area (Å²) >= 11 is 1.72. The molecule has 2 rings (SSSR count). The number of rotatable bonds is 4. The van der Waals surface area contributed by atoms with E-state index in [9.17, 15) is 4.79 Å². The van der Waals surface area contributed by atoms with Crippen LogP contribution < -0.4 is 10.6 Å². The lowest BCUT2D eigenvalue weighted by molar-refractivity contribution is 0.234. The molecule has 0 aromatic heterocycles. The fourth-order valence-electron chi connectivity index (χ4n) is 2.47. The SMILES string of the molecule is CSc1ccc([C@H](C)NC(=O)NC2CCCC2)cc1. The van der Waals surface area contributed by atoms with Crippen LogP contribution >= 0.6 is 11.8 Å². The molecular weight excluding hydrogens is 256 g/mol. The maximum Gasteiger partial charge on any atom is 0.315 e. The third kappa shape index (κ3) is 4.16. The van der Waals surface area contributed by atoms with E-state index >= 15 is 0 Å². The number of amides is 2. The van der Waals surface area contributed by atoms with Crippen LogP contribution in [0.4, 0.5) is 4.79 Å². The van der Waals surface area contributed by atoms with Gasteiger partial charge in [0.05, 0.1) is 6.04 Å². The van der Waals surface area contributed by atoms with Crippen LogP contribution in [-0.2, 0) is 0 Å². The van der Waals surface area contributed by atoms with Crippen molar-refractivity contribution in [2.45, 2.75) is 49.6 Å². The van der Waals surface area contributed by atoms with Gasteiger partial charge in [-0.1, -0.05) is 25.0 Å². The van der Waals surface area contributed by atoms with Crippen LogP contribution in [0.5, 0.6) is 0 Å². The zero-order valence-electron chi connectivity index (χ0n) is 11.6. The van der Waals surface area contributed by atoms with E-state index in [1.54, 1.807) is 11.8 Å². The molecule has 1 fully saturated rings. The normalized spacial score (nSPS) is 17.2. The predicted molar refractivity (Wildman–Crippen MR) is 80.6 cm³/mol. The van der Waals surface area contributed by atoms with Gasteiger partial charge in [-0.15, -0.1) is 11.8 Å². The van der Waals surface area contributed by atoms with E-state index in [2.05, 4.69) is 41.2 Å². The molecule has 1 aromatic carbocycles. The molecule has 4 heteroatoms. The molecule has 2 amide bonds. The minimum atomic E-state index is -0.0478. The second kappa shape index (κ2) is 6.85. The second-order valence-corrected chi connectivity index (χ2v) is 5.97. The highest BCUT2D eigenvalue weighted by Crippen LogP contribution is 2.20. The molecule has 0 unspecified atom stereocenters. The summed E-state index contributed by atoms with van der Waals surface area (Å²) in [5.41, 5.74) is 1.14. The van der Waals surface area contributed by atoms with Crippen molar-refractivity contribution in [3.05, 3.63) is 29.8 Å². The Kier molecular flexibility index (Phi) is 5.14. The van der Waals surface area contributed by atoms with Crippen LogP contribution in [0.1, 0.15) is 44.2 Å². The van der Waals surface area contributed by atoms with Gasteiger partial charge in [0, 0.05) is 10.9 Å². The number of carbonyl (C=O) groups is 1. The highest BCUT2D eigenvalue weighted by atomic mass is 32.2. The third-order valence-electron chi connectivity index (χ3n) is 3.65. The summed E-state index contributed by atoms with van der Waals surface area (Å²) in [4.78, 5) is 13.1. The quantitative estimate of drug-likeness (QED) is 0.824. The van der Waals surface area contributed by atoms with Crippen LogP contribution in [-0.4, -0.2) is 18.3 Å². The van der Waals surface area contributed by atoms with E-state index in [-0.39, 0.29) is 12.1 Å². The molecular formula is C15H22N2OS. The van der Waals surface area contributed by atoms with Gasteiger partial charge < -0.3 is 10.6 Å². The Morgan fingerprint density at radius 3 is 2.47 bits per heavy atom. The largest absolute Gasteiger partial charge is 0.335 e. The number of thioether (sulfide) groups is 1. The molecule has 0 spiro atoms. The van der Waals surface area contributed by atoms with Gasteiger partial charge in [0.2, 0.25) is 0 Å². The monoisotopic (exact) mass is 278 g/mol. The third-order valence-corrected chi connectivity index (χ3v) is 4.40. The van der Waals surface area contributed by atoms with Crippen LogP contribution in [0.3, 0.4) is 0 Å². The van der Waals surface area contributed by atoms with Crippen LogP contribution in [0.25, 0.3) is 0 Å². The topological polar surface area (TPSA) is 41.1 Å². The minimum absolute atomic E-state index is 0.0392. The lowest BCUT2D eigenvalue weighted by Crippen LogP contribution is -2.41. The van der Waals surface area contributed by atoms with Gasteiger partial charge in [-0.25, -0.2) is 4.79 Å². The molecule has 3 nitrogen and oxygen atoms in total. The molecule has 104 valence electrons. The average Bonchev–Trinajstić information content (AvgIpc) is 2.91. The molecule has 0 aliphatic heterocycles. The molecule has 0 heterocycles. The summed E-state index contributed by atoms with van der Waals surface area (Å²) in [6, 6.07) is 8.69. The molecule has 0 radical (unpaired) electrons. The van der Waals surface area contributed by atoms with Crippen molar-refractivity contribution >= 4 is 17.8 Å². The van der Waals surface area contributed by atoms with Crippen molar-refractivity contribution in [1.29, 1.82) is 0 Å². The Bertz CT molecular complexity index is 413. The van der Waals surface area contributed by atoms with Gasteiger partial charge in [0.15, 0.2) is 0 Å². The van der Waals surface area contributed by atoms with Gasteiger partial charge in [0.1, 0.15) is 0 Å². The summed E-state index contributed by atoms with van der Waals surface area (Å²) in [6.45, 7) is 2.02. The lowest BCUT2D eigenvalue weighted by Gasteiger charge is -2.18. The summed E-state index contributed by atoms with van der Waals surface area (Å²) in [5.74, 6) is 0. The van der Waals surface area contributed by atoms with E-state index in [1.165, 1.54) is 17.7 Å². The van der Waals surface area contributed by atoms with Gasteiger partial charge in [-0.2, -0.15) is 0 Å². The second-order valence-electron chi connectivity index (χ2n) is 5.09. The fraction of sp³-hybridized carbons (Fsp3) is 0.533. The average molecular weight is 278 g/mol. The Balaban J connectivity index is 1.84. The van der Waals surface area contributed by atoms with Crippen LogP contribution in [0, 0.1) is 0 Å². The molecule has 19 heavy (non-hydrogen) atoms. The summed E-state index contributed by atoms with van der Waals surface area (Å²) < 4.78 is 0. The van der Waals surface area contributed by atoms with Gasteiger partial charge in [-0.3, -0.25) is 0 Å². The molecule has 1 atom stereocenters. The number of nitrogens with one attached hydrogen (secondary N) is 2. The van der Waals surface area contributed by atoms with Crippen molar-refractivity contribution in [2.75, 3.05) is 6.26 Å². The van der Waals surface area contributed by atoms with Crippen molar-refractivity contribution in [3.8, 4) is 0 Å². The fourth-order valence-corrected chi connectivity index (χ4v) is 2.88. The van der Waals surface area contributed by atoms with Crippen LogP contribution in [0.2, 0.25) is 0 Å². The smallest absolute Gasteiger partial charge is 0.315 e. The lowest BCUT2D eigenvalue weighted by atomic mass is 10.1. The Hall–Kier alpha value is -1.16. The first-order chi connectivity index (χ1) is 9.19. The van der Waals surface area contributed by atoms with Crippen LogP contribution in [0.15, 0.2) is 29.2 Å². The maximum absolute atomic E-state index is 11.9. The highest BCUT2D eigenvalue weighted by molar-refractivity contribution is 7.98. The van der Waals surface area contributed by atoms with E-state index in [4.69, 9.17) is 0 Å². The molecule has 1 aliphatic carbocycles. The van der Waals surface area contributed by atoms with E-state index in [0.717, 1.165) is 18.4 Å². The van der Waals surface area contributed by atoms with E-state index in [0.29, 0.717) is 6.04 Å². The van der Waals surface area contributed by atoms with Gasteiger partial charge >= 0.3 is 6.03 Å². The Morgan fingerprint density at radius 2 is 1.89 bits per heavy atom. The molecule has 1 aromatic rings. The molecule has 1 aliphatic rings. The first-order valence-corrected chi connectivity index (χ1v) is 8.12. The van der Waals surface area contributed by atoms with E-state index < -0.39 is 0 Å². The summed E-state index contributed by atoms with van der Waals surface area (Å²) in [7, 11) is 0. The Morgan fingerprint density at radius 1 is 1.26 bits per heavy atom.